The number of amides is 1. The van der Waals surface area contributed by atoms with Crippen LogP contribution in [0.3, 0.4) is 0 Å². The number of hydrogen-bond donors (Lipinski definition) is 0. The van der Waals surface area contributed by atoms with E-state index in [0.29, 0.717) is 13.0 Å². The van der Waals surface area contributed by atoms with Gasteiger partial charge in [0.1, 0.15) is 6.04 Å². The molecule has 18 heavy (non-hydrogen) atoms. The highest BCUT2D eigenvalue weighted by Gasteiger charge is 2.28. The summed E-state index contributed by atoms with van der Waals surface area (Å²) >= 11 is 3.12. The molecule has 0 saturated carbocycles. The van der Waals surface area contributed by atoms with Gasteiger partial charge in [0, 0.05) is 13.3 Å². The van der Waals surface area contributed by atoms with E-state index in [1.807, 2.05) is 30.3 Å². The van der Waals surface area contributed by atoms with E-state index in [0.717, 1.165) is 5.56 Å². The summed E-state index contributed by atoms with van der Waals surface area (Å²) in [6.07, 6.45) is 0.421. The summed E-state index contributed by atoms with van der Waals surface area (Å²) in [5.41, 5.74) is 0.973. The summed E-state index contributed by atoms with van der Waals surface area (Å²) in [5, 5.41) is 0. The minimum Gasteiger partial charge on any atom is -0.464 e. The van der Waals surface area contributed by atoms with Crippen molar-refractivity contribution in [2.75, 3.05) is 6.61 Å². The molecule has 1 aromatic carbocycles. The van der Waals surface area contributed by atoms with E-state index in [1.165, 1.54) is 10.8 Å². The highest BCUT2D eigenvalue weighted by atomic mass is 79.9. The molecular weight excluding hydrogens is 298 g/mol. The fourth-order valence-corrected chi connectivity index (χ4v) is 1.86. The highest BCUT2D eigenvalue weighted by Crippen LogP contribution is 2.14. The van der Waals surface area contributed by atoms with Crippen molar-refractivity contribution in [3.05, 3.63) is 35.9 Å². The number of esters is 1. The molecule has 1 atom stereocenters. The van der Waals surface area contributed by atoms with Gasteiger partial charge >= 0.3 is 5.97 Å². The molecule has 0 N–H and O–H groups in total. The van der Waals surface area contributed by atoms with E-state index in [9.17, 15) is 9.59 Å². The average molecular weight is 314 g/mol. The monoisotopic (exact) mass is 313 g/mol. The SMILES string of the molecule is CCOC(=O)C(Cc1ccccc1)N(Br)C(C)=O. The Morgan fingerprint density at radius 1 is 1.33 bits per heavy atom. The summed E-state index contributed by atoms with van der Waals surface area (Å²) in [7, 11) is 0. The molecule has 4 nitrogen and oxygen atoms in total. The van der Waals surface area contributed by atoms with Crippen LogP contribution in [0, 0.1) is 0 Å². The smallest absolute Gasteiger partial charge is 0.330 e. The average Bonchev–Trinajstić information content (AvgIpc) is 2.36. The Bertz CT molecular complexity index is 408. The molecule has 1 rings (SSSR count). The maximum Gasteiger partial charge on any atom is 0.330 e. The second-order valence-electron chi connectivity index (χ2n) is 3.79. The number of hydrogen-bond acceptors (Lipinski definition) is 3. The fourth-order valence-electron chi connectivity index (χ4n) is 1.55. The molecule has 0 saturated heterocycles. The second-order valence-corrected chi connectivity index (χ2v) is 4.55. The number of nitrogens with zero attached hydrogens (tertiary/aromatic N) is 1. The van der Waals surface area contributed by atoms with Gasteiger partial charge in [-0.25, -0.2) is 4.79 Å². The molecule has 1 unspecified atom stereocenters. The molecule has 0 aliphatic heterocycles. The molecule has 0 spiro atoms. The van der Waals surface area contributed by atoms with Crippen LogP contribution in [0.25, 0.3) is 0 Å². The first-order valence-electron chi connectivity index (χ1n) is 5.72. The quantitative estimate of drug-likeness (QED) is 0.619. The molecule has 0 radical (unpaired) electrons. The molecule has 0 heterocycles. The van der Waals surface area contributed by atoms with E-state index in [-0.39, 0.29) is 5.91 Å². The number of rotatable bonds is 5. The van der Waals surface area contributed by atoms with Crippen molar-refractivity contribution in [2.45, 2.75) is 26.3 Å². The summed E-state index contributed by atoms with van der Waals surface area (Å²) < 4.78 is 6.22. The van der Waals surface area contributed by atoms with E-state index < -0.39 is 12.0 Å². The van der Waals surface area contributed by atoms with Crippen molar-refractivity contribution in [3.63, 3.8) is 0 Å². The maximum absolute atomic E-state index is 11.8. The van der Waals surface area contributed by atoms with Gasteiger partial charge in [-0.1, -0.05) is 30.3 Å². The van der Waals surface area contributed by atoms with Crippen LogP contribution in [-0.2, 0) is 20.7 Å². The Kier molecular flexibility index (Phi) is 5.85. The third-order valence-electron chi connectivity index (χ3n) is 2.41. The van der Waals surface area contributed by atoms with Crippen LogP contribution in [0.15, 0.2) is 30.3 Å². The molecule has 5 heteroatoms. The minimum absolute atomic E-state index is 0.232. The second kappa shape index (κ2) is 7.16. The molecule has 98 valence electrons. The Balaban J connectivity index is 2.84. The molecule has 1 aromatic rings. The minimum atomic E-state index is -0.648. The van der Waals surface area contributed by atoms with E-state index in [4.69, 9.17) is 4.74 Å². The van der Waals surface area contributed by atoms with Crippen molar-refractivity contribution < 1.29 is 14.3 Å². The molecule has 0 bridgehead atoms. The van der Waals surface area contributed by atoms with Crippen LogP contribution in [0.2, 0.25) is 0 Å². The van der Waals surface area contributed by atoms with E-state index in [2.05, 4.69) is 16.1 Å². The van der Waals surface area contributed by atoms with Crippen LogP contribution >= 0.6 is 16.1 Å². The molecule has 1 amide bonds. The number of carbonyl (C=O) groups excluding carboxylic acids is 2. The Hall–Kier alpha value is -1.36. The van der Waals surface area contributed by atoms with Gasteiger partial charge in [0.25, 0.3) is 0 Å². The summed E-state index contributed by atoms with van der Waals surface area (Å²) in [6, 6.07) is 8.86. The van der Waals surface area contributed by atoms with Gasteiger partial charge in [-0.15, -0.1) is 0 Å². The van der Waals surface area contributed by atoms with Crippen molar-refractivity contribution >= 4 is 28.0 Å². The lowest BCUT2D eigenvalue weighted by atomic mass is 10.1. The summed E-state index contributed by atoms with van der Waals surface area (Å²) in [5.74, 6) is -0.641. The zero-order chi connectivity index (χ0) is 13.5. The van der Waals surface area contributed by atoms with Crippen molar-refractivity contribution in [3.8, 4) is 0 Å². The predicted octanol–water partition coefficient (Wildman–Crippen LogP) is 2.32. The number of ether oxygens (including phenoxy) is 1. The lowest BCUT2D eigenvalue weighted by molar-refractivity contribution is -0.150. The zero-order valence-corrected chi connectivity index (χ0v) is 12.0. The first-order chi connectivity index (χ1) is 8.56. The van der Waals surface area contributed by atoms with E-state index in [1.54, 1.807) is 6.92 Å². The largest absolute Gasteiger partial charge is 0.464 e. The number of carbonyl (C=O) groups is 2. The van der Waals surface area contributed by atoms with Gasteiger partial charge in [0.15, 0.2) is 0 Å². The molecule has 0 fully saturated rings. The first kappa shape index (κ1) is 14.7. The lowest BCUT2D eigenvalue weighted by Crippen LogP contribution is -2.40. The summed E-state index contributed by atoms with van der Waals surface area (Å²) in [4.78, 5) is 23.2. The number of halogens is 1. The van der Waals surface area contributed by atoms with Gasteiger partial charge in [0.05, 0.1) is 22.8 Å². The van der Waals surface area contributed by atoms with Crippen molar-refractivity contribution in [2.24, 2.45) is 0 Å². The Labute approximate surface area is 115 Å². The zero-order valence-electron chi connectivity index (χ0n) is 10.4. The van der Waals surface area contributed by atoms with Gasteiger partial charge in [-0.05, 0) is 12.5 Å². The van der Waals surface area contributed by atoms with Crippen LogP contribution in [0.5, 0.6) is 0 Å². The highest BCUT2D eigenvalue weighted by molar-refractivity contribution is 9.07. The van der Waals surface area contributed by atoms with Gasteiger partial charge < -0.3 is 4.74 Å². The fraction of sp³-hybridized carbons (Fsp3) is 0.385. The number of benzene rings is 1. The maximum atomic E-state index is 11.8. The standard InChI is InChI=1S/C13H16BrNO3/c1-3-18-13(17)12(15(14)10(2)16)9-11-7-5-4-6-8-11/h4-8,12H,3,9H2,1-2H3. The topological polar surface area (TPSA) is 46.6 Å². The molecule has 0 aromatic heterocycles. The van der Waals surface area contributed by atoms with Crippen LogP contribution in [0.1, 0.15) is 19.4 Å². The molecule has 0 aliphatic rings. The normalized spacial score (nSPS) is 11.7. The third kappa shape index (κ3) is 4.14. The third-order valence-corrected chi connectivity index (χ3v) is 3.40. The molecular formula is C13H16BrNO3. The van der Waals surface area contributed by atoms with Crippen LogP contribution < -0.4 is 0 Å². The summed E-state index contributed by atoms with van der Waals surface area (Å²) in [6.45, 7) is 3.43. The van der Waals surface area contributed by atoms with Gasteiger partial charge in [-0.2, -0.15) is 0 Å². The van der Waals surface area contributed by atoms with Gasteiger partial charge in [0.2, 0.25) is 5.91 Å². The lowest BCUT2D eigenvalue weighted by Gasteiger charge is -2.23. The Morgan fingerprint density at radius 3 is 2.44 bits per heavy atom. The predicted molar refractivity (Wildman–Crippen MR) is 72.0 cm³/mol. The van der Waals surface area contributed by atoms with E-state index >= 15 is 0 Å². The van der Waals surface area contributed by atoms with Crippen molar-refractivity contribution in [1.82, 2.24) is 3.93 Å². The Morgan fingerprint density at radius 2 is 1.94 bits per heavy atom. The van der Waals surface area contributed by atoms with Crippen LogP contribution in [0.4, 0.5) is 0 Å². The molecule has 0 aliphatic carbocycles. The van der Waals surface area contributed by atoms with Crippen molar-refractivity contribution in [1.29, 1.82) is 0 Å². The van der Waals surface area contributed by atoms with Gasteiger partial charge in [-0.3, -0.25) is 8.72 Å². The first-order valence-corrected chi connectivity index (χ1v) is 6.43. The van der Waals surface area contributed by atoms with Crippen LogP contribution in [-0.4, -0.2) is 28.5 Å².